The molecule has 0 aliphatic carbocycles. The van der Waals surface area contributed by atoms with Crippen LogP contribution in [0.15, 0.2) is 34.9 Å². The summed E-state index contributed by atoms with van der Waals surface area (Å²) in [7, 11) is 0. The zero-order chi connectivity index (χ0) is 17.7. The Morgan fingerprint density at radius 1 is 1.25 bits per heavy atom. The fourth-order valence-electron chi connectivity index (χ4n) is 1.60. The summed E-state index contributed by atoms with van der Waals surface area (Å²) >= 11 is 0. The van der Waals surface area contributed by atoms with E-state index in [9.17, 15) is 22.8 Å². The largest absolute Gasteiger partial charge is 0.573 e. The lowest BCUT2D eigenvalue weighted by molar-refractivity contribution is -0.274. The van der Waals surface area contributed by atoms with Crippen LogP contribution in [0.4, 0.5) is 19.1 Å². The zero-order valence-electron chi connectivity index (χ0n) is 12.2. The third-order valence-corrected chi connectivity index (χ3v) is 2.55. The van der Waals surface area contributed by atoms with Crippen molar-refractivity contribution in [2.24, 2.45) is 0 Å². The lowest BCUT2D eigenvalue weighted by Crippen LogP contribution is -2.20. The average Bonchev–Trinajstić information content (AvgIpc) is 2.89. The fourth-order valence-corrected chi connectivity index (χ4v) is 1.60. The molecule has 1 aromatic carbocycles. The Balaban J connectivity index is 1.84. The molecule has 24 heavy (non-hydrogen) atoms. The number of aryl methyl sites for hydroxylation is 1. The van der Waals surface area contributed by atoms with Crippen LogP contribution < -0.4 is 10.1 Å². The Kier molecular flexibility index (Phi) is 5.07. The number of hydrogen-bond acceptors (Lipinski definition) is 6. The number of nitrogens with one attached hydrogen (secondary N) is 1. The first-order chi connectivity index (χ1) is 11.2. The standard InChI is InChI=1S/C14H11F3N2O5/c1-8-6-12(24-19-8)18-11(20)7-22-13(21)9-2-4-10(5-3-9)23-14(15,16)17/h2-6H,7H2,1H3,(H,18,20). The minimum atomic E-state index is -4.82. The third-order valence-electron chi connectivity index (χ3n) is 2.55. The molecule has 7 nitrogen and oxygen atoms in total. The van der Waals surface area contributed by atoms with Gasteiger partial charge >= 0.3 is 12.3 Å². The molecule has 0 saturated heterocycles. The van der Waals surface area contributed by atoms with Gasteiger partial charge in [-0.1, -0.05) is 5.16 Å². The summed E-state index contributed by atoms with van der Waals surface area (Å²) in [5, 5.41) is 5.87. The number of anilines is 1. The second-order valence-electron chi connectivity index (χ2n) is 4.53. The molecule has 1 N–H and O–H groups in total. The number of carbonyl (C=O) groups excluding carboxylic acids is 2. The first-order valence-corrected chi connectivity index (χ1v) is 6.49. The molecule has 0 radical (unpaired) electrons. The maximum Gasteiger partial charge on any atom is 0.573 e. The maximum absolute atomic E-state index is 12.0. The van der Waals surface area contributed by atoms with Crippen LogP contribution in [0.25, 0.3) is 0 Å². The van der Waals surface area contributed by atoms with Crippen LogP contribution in [-0.2, 0) is 9.53 Å². The molecule has 1 aromatic heterocycles. The molecule has 0 bridgehead atoms. The zero-order valence-corrected chi connectivity index (χ0v) is 12.2. The SMILES string of the molecule is Cc1cc(NC(=O)COC(=O)c2ccc(OC(F)(F)F)cc2)on1. The number of esters is 1. The van der Waals surface area contributed by atoms with E-state index >= 15 is 0 Å². The molecule has 0 unspecified atom stereocenters. The third kappa shape index (κ3) is 5.30. The number of amides is 1. The van der Waals surface area contributed by atoms with Gasteiger partial charge in [-0.3, -0.25) is 10.1 Å². The number of nitrogens with zero attached hydrogens (tertiary/aromatic N) is 1. The second-order valence-corrected chi connectivity index (χ2v) is 4.53. The van der Waals surface area contributed by atoms with E-state index in [-0.39, 0.29) is 11.4 Å². The molecule has 2 aromatic rings. The highest BCUT2D eigenvalue weighted by molar-refractivity contribution is 5.94. The molecule has 0 spiro atoms. The summed E-state index contributed by atoms with van der Waals surface area (Å²) in [5.74, 6) is -1.91. The molecule has 2 rings (SSSR count). The van der Waals surface area contributed by atoms with Gasteiger partial charge in [0, 0.05) is 6.07 Å². The van der Waals surface area contributed by atoms with Gasteiger partial charge in [0.25, 0.3) is 5.91 Å². The number of rotatable bonds is 5. The predicted octanol–water partition coefficient (Wildman–Crippen LogP) is 2.68. The number of benzene rings is 1. The first kappa shape index (κ1) is 17.3. The number of halogens is 3. The van der Waals surface area contributed by atoms with Crippen LogP contribution in [-0.4, -0.2) is 30.0 Å². The molecule has 1 amide bonds. The van der Waals surface area contributed by atoms with Gasteiger partial charge in [0.1, 0.15) is 5.75 Å². The molecule has 0 saturated carbocycles. The predicted molar refractivity (Wildman–Crippen MR) is 73.3 cm³/mol. The van der Waals surface area contributed by atoms with Crippen LogP contribution in [0, 0.1) is 6.92 Å². The van der Waals surface area contributed by atoms with E-state index in [1.807, 2.05) is 0 Å². The highest BCUT2D eigenvalue weighted by Crippen LogP contribution is 2.22. The van der Waals surface area contributed by atoms with Crippen molar-refractivity contribution in [2.75, 3.05) is 11.9 Å². The van der Waals surface area contributed by atoms with E-state index in [2.05, 4.69) is 15.2 Å². The number of carbonyl (C=O) groups is 2. The van der Waals surface area contributed by atoms with Crippen molar-refractivity contribution in [1.29, 1.82) is 0 Å². The second kappa shape index (κ2) is 7.02. The van der Waals surface area contributed by atoms with Gasteiger partial charge in [-0.2, -0.15) is 0 Å². The molecule has 1 heterocycles. The van der Waals surface area contributed by atoms with Crippen LogP contribution in [0.3, 0.4) is 0 Å². The van der Waals surface area contributed by atoms with Gasteiger partial charge in [0.05, 0.1) is 11.3 Å². The summed E-state index contributed by atoms with van der Waals surface area (Å²) in [5.41, 5.74) is 0.524. The number of hydrogen-bond donors (Lipinski definition) is 1. The van der Waals surface area contributed by atoms with Crippen LogP contribution >= 0.6 is 0 Å². The van der Waals surface area contributed by atoms with Crippen LogP contribution in [0.1, 0.15) is 16.1 Å². The molecule has 0 aliphatic rings. The lowest BCUT2D eigenvalue weighted by atomic mass is 10.2. The molecular weight excluding hydrogens is 333 g/mol. The minimum Gasteiger partial charge on any atom is -0.452 e. The fraction of sp³-hybridized carbons (Fsp3) is 0.214. The van der Waals surface area contributed by atoms with Crippen molar-refractivity contribution < 1.29 is 36.8 Å². The van der Waals surface area contributed by atoms with E-state index in [1.54, 1.807) is 6.92 Å². The molecule has 10 heteroatoms. The van der Waals surface area contributed by atoms with Crippen molar-refractivity contribution in [1.82, 2.24) is 5.16 Å². The lowest BCUT2D eigenvalue weighted by Gasteiger charge is -2.09. The van der Waals surface area contributed by atoms with E-state index in [0.717, 1.165) is 24.3 Å². The maximum atomic E-state index is 12.0. The van der Waals surface area contributed by atoms with Gasteiger partial charge in [-0.25, -0.2) is 4.79 Å². The van der Waals surface area contributed by atoms with Crippen molar-refractivity contribution in [3.63, 3.8) is 0 Å². The Bertz CT molecular complexity index is 725. The van der Waals surface area contributed by atoms with E-state index in [1.165, 1.54) is 6.07 Å². The van der Waals surface area contributed by atoms with Crippen molar-refractivity contribution in [3.05, 3.63) is 41.6 Å². The molecule has 0 atom stereocenters. The Morgan fingerprint density at radius 2 is 1.92 bits per heavy atom. The quantitative estimate of drug-likeness (QED) is 0.839. The van der Waals surface area contributed by atoms with Crippen molar-refractivity contribution in [3.8, 4) is 5.75 Å². The van der Waals surface area contributed by atoms with Gasteiger partial charge in [0.2, 0.25) is 5.88 Å². The minimum absolute atomic E-state index is 0.0344. The Hall–Kier alpha value is -3.04. The van der Waals surface area contributed by atoms with E-state index < -0.39 is 30.6 Å². The topological polar surface area (TPSA) is 90.7 Å². The number of ether oxygens (including phenoxy) is 2. The number of alkyl halides is 3. The summed E-state index contributed by atoms with van der Waals surface area (Å²) < 4.78 is 49.2. The van der Waals surface area contributed by atoms with Gasteiger partial charge < -0.3 is 14.0 Å². The van der Waals surface area contributed by atoms with Gasteiger partial charge in [-0.05, 0) is 31.2 Å². The molecule has 128 valence electrons. The average molecular weight is 344 g/mol. The van der Waals surface area contributed by atoms with E-state index in [4.69, 9.17) is 9.26 Å². The highest BCUT2D eigenvalue weighted by atomic mass is 19.4. The van der Waals surface area contributed by atoms with Crippen molar-refractivity contribution >= 4 is 17.8 Å². The monoisotopic (exact) mass is 344 g/mol. The Morgan fingerprint density at radius 3 is 2.46 bits per heavy atom. The van der Waals surface area contributed by atoms with Crippen LogP contribution in [0.2, 0.25) is 0 Å². The molecule has 0 fully saturated rings. The summed E-state index contributed by atoms with van der Waals surface area (Å²) in [6.07, 6.45) is -4.82. The van der Waals surface area contributed by atoms with Gasteiger partial charge in [0.15, 0.2) is 6.61 Å². The van der Waals surface area contributed by atoms with Crippen molar-refractivity contribution in [2.45, 2.75) is 13.3 Å². The van der Waals surface area contributed by atoms with Crippen LogP contribution in [0.5, 0.6) is 5.75 Å². The summed E-state index contributed by atoms with van der Waals surface area (Å²) in [6, 6.07) is 5.56. The summed E-state index contributed by atoms with van der Waals surface area (Å²) in [4.78, 5) is 23.2. The Labute approximate surface area is 133 Å². The molecule has 0 aliphatic heterocycles. The number of aromatic nitrogens is 1. The van der Waals surface area contributed by atoms with Gasteiger partial charge in [-0.15, -0.1) is 13.2 Å². The van der Waals surface area contributed by atoms with E-state index in [0.29, 0.717) is 5.69 Å². The smallest absolute Gasteiger partial charge is 0.452 e. The molecular formula is C14H11F3N2O5. The summed E-state index contributed by atoms with van der Waals surface area (Å²) in [6.45, 7) is 1.06. The first-order valence-electron chi connectivity index (χ1n) is 6.49. The normalized spacial score (nSPS) is 11.0. The highest BCUT2D eigenvalue weighted by Gasteiger charge is 2.31.